The number of imide groups is 1. The summed E-state index contributed by atoms with van der Waals surface area (Å²) < 4.78 is 5.76. The summed E-state index contributed by atoms with van der Waals surface area (Å²) in [7, 11) is 0. The highest BCUT2D eigenvalue weighted by Gasteiger charge is 2.50. The first kappa shape index (κ1) is 20.2. The van der Waals surface area contributed by atoms with Crippen LogP contribution in [0.25, 0.3) is 0 Å². The van der Waals surface area contributed by atoms with Crippen LogP contribution in [0.15, 0.2) is 54.6 Å². The Hall–Kier alpha value is -3.06. The average molecular weight is 410 g/mol. The second-order valence-electron chi connectivity index (χ2n) is 7.95. The fourth-order valence-corrected chi connectivity index (χ4v) is 4.25. The van der Waals surface area contributed by atoms with Crippen LogP contribution < -0.4 is 19.9 Å². The molecule has 30 heavy (non-hydrogen) atoms. The molecule has 0 aliphatic carbocycles. The number of hydrogen-bond acceptors (Lipinski definition) is 4. The first-order valence-corrected chi connectivity index (χ1v) is 10.5. The van der Waals surface area contributed by atoms with Gasteiger partial charge >= 0.3 is 6.03 Å². The number of para-hydroxylation sites is 2. The summed E-state index contributed by atoms with van der Waals surface area (Å²) in [5.41, 5.74) is 0.902. The third-order valence-electron chi connectivity index (χ3n) is 5.98. The highest BCUT2D eigenvalue weighted by atomic mass is 16.5. The number of nitrogens with one attached hydrogen (secondary N) is 2. The smallest absolute Gasteiger partial charge is 0.329 e. The monoisotopic (exact) mass is 409 g/mol. The molecule has 0 saturated carbocycles. The van der Waals surface area contributed by atoms with E-state index >= 15 is 0 Å². The minimum Gasteiger partial charge on any atom is -0.492 e. The predicted octanol–water partition coefficient (Wildman–Crippen LogP) is 1.21. The van der Waals surface area contributed by atoms with Gasteiger partial charge in [0.25, 0.3) is 5.91 Å². The number of nitrogens with zero attached hydrogens (tertiary/aromatic N) is 2. The molecule has 2 aliphatic heterocycles. The van der Waals surface area contributed by atoms with E-state index in [9.17, 15) is 9.59 Å². The van der Waals surface area contributed by atoms with Crippen LogP contribution >= 0.6 is 0 Å². The zero-order valence-electron chi connectivity index (χ0n) is 17.6. The fraction of sp³-hybridized carbons (Fsp3) is 0.391. The Morgan fingerprint density at radius 3 is 2.40 bits per heavy atom. The van der Waals surface area contributed by atoms with E-state index in [4.69, 9.17) is 4.74 Å². The van der Waals surface area contributed by atoms with E-state index in [2.05, 4.69) is 16.3 Å². The molecule has 2 aliphatic rings. The average Bonchev–Trinajstić information content (AvgIpc) is 2.99. The minimum atomic E-state index is -1.00. The quantitative estimate of drug-likeness (QED) is 0.704. The number of carbonyl (C=O) groups is 2. The number of ether oxygens (including phenoxy) is 1. The van der Waals surface area contributed by atoms with E-state index in [-0.39, 0.29) is 11.9 Å². The zero-order chi connectivity index (χ0) is 21.1. The second kappa shape index (κ2) is 8.36. The lowest BCUT2D eigenvalue weighted by molar-refractivity contribution is -0.907. The van der Waals surface area contributed by atoms with Crippen molar-refractivity contribution in [2.24, 2.45) is 0 Å². The number of rotatable bonds is 6. The van der Waals surface area contributed by atoms with Crippen molar-refractivity contribution in [3.05, 3.63) is 60.2 Å². The van der Waals surface area contributed by atoms with E-state index in [1.807, 2.05) is 55.5 Å². The largest absolute Gasteiger partial charge is 0.492 e. The van der Waals surface area contributed by atoms with E-state index in [0.29, 0.717) is 13.3 Å². The summed E-state index contributed by atoms with van der Waals surface area (Å²) >= 11 is 0. The summed E-state index contributed by atoms with van der Waals surface area (Å²) in [6.45, 7) is 8.17. The summed E-state index contributed by atoms with van der Waals surface area (Å²) in [5, 5.41) is 2.89. The van der Waals surface area contributed by atoms with Gasteiger partial charge < -0.3 is 19.9 Å². The van der Waals surface area contributed by atoms with Crippen molar-refractivity contribution < 1.29 is 19.2 Å². The van der Waals surface area contributed by atoms with E-state index in [1.165, 1.54) is 9.80 Å². The topological polar surface area (TPSA) is 66.3 Å². The van der Waals surface area contributed by atoms with Gasteiger partial charge in [-0.2, -0.15) is 0 Å². The number of benzene rings is 2. The van der Waals surface area contributed by atoms with Crippen molar-refractivity contribution >= 4 is 17.6 Å². The van der Waals surface area contributed by atoms with E-state index < -0.39 is 5.54 Å². The SMILES string of the molecule is CCOc1ccccc1N1CC[NH+](CN2C(=O)N[C@@](C)(c3ccccc3)C2=O)CC1. The van der Waals surface area contributed by atoms with E-state index in [1.54, 1.807) is 6.92 Å². The van der Waals surface area contributed by atoms with Gasteiger partial charge in [-0.1, -0.05) is 42.5 Å². The lowest BCUT2D eigenvalue weighted by atomic mass is 9.92. The number of quaternary nitrogens is 1. The normalized spacial score (nSPS) is 22.3. The Bertz CT molecular complexity index is 912. The predicted molar refractivity (Wildman–Crippen MR) is 115 cm³/mol. The maximum absolute atomic E-state index is 13.1. The molecule has 7 nitrogen and oxygen atoms in total. The molecule has 2 fully saturated rings. The Morgan fingerprint density at radius 1 is 1.03 bits per heavy atom. The number of amides is 3. The highest BCUT2D eigenvalue weighted by Crippen LogP contribution is 2.29. The molecule has 0 spiro atoms. The number of piperazine rings is 1. The van der Waals surface area contributed by atoms with E-state index in [0.717, 1.165) is 43.2 Å². The van der Waals surface area contributed by atoms with Crippen LogP contribution in [0, 0.1) is 0 Å². The molecule has 0 aromatic heterocycles. The van der Waals surface area contributed by atoms with Crippen LogP contribution in [0.5, 0.6) is 5.75 Å². The zero-order valence-corrected chi connectivity index (χ0v) is 17.6. The highest BCUT2D eigenvalue weighted by molar-refractivity contribution is 6.07. The van der Waals surface area contributed by atoms with Gasteiger partial charge in [0.15, 0.2) is 6.67 Å². The summed E-state index contributed by atoms with van der Waals surface area (Å²) in [6.07, 6.45) is 0. The first-order chi connectivity index (χ1) is 14.5. The van der Waals surface area contributed by atoms with Gasteiger partial charge in [-0.3, -0.25) is 4.79 Å². The molecule has 2 aromatic rings. The maximum Gasteiger partial charge on any atom is 0.329 e. The Kier molecular flexibility index (Phi) is 5.63. The summed E-state index contributed by atoms with van der Waals surface area (Å²) in [5.74, 6) is 0.714. The van der Waals surface area contributed by atoms with Crippen LogP contribution in [-0.2, 0) is 10.3 Å². The summed E-state index contributed by atoms with van der Waals surface area (Å²) in [4.78, 5) is 30.6. The molecule has 2 saturated heterocycles. The minimum absolute atomic E-state index is 0.185. The molecule has 7 heteroatoms. The Labute approximate surface area is 177 Å². The maximum atomic E-state index is 13.1. The van der Waals surface area contributed by atoms with Gasteiger partial charge in [0.1, 0.15) is 11.3 Å². The molecule has 0 bridgehead atoms. The third-order valence-corrected chi connectivity index (χ3v) is 5.98. The number of carbonyl (C=O) groups excluding carboxylic acids is 2. The molecule has 2 N–H and O–H groups in total. The first-order valence-electron chi connectivity index (χ1n) is 10.5. The molecular weight excluding hydrogens is 380 g/mol. The number of hydrogen-bond donors (Lipinski definition) is 2. The third kappa shape index (κ3) is 3.73. The number of anilines is 1. The van der Waals surface area contributed by atoms with Gasteiger partial charge in [-0.15, -0.1) is 0 Å². The van der Waals surface area contributed by atoms with Crippen LogP contribution in [0.3, 0.4) is 0 Å². The lowest BCUT2D eigenvalue weighted by Crippen LogP contribution is -3.16. The molecule has 0 unspecified atom stereocenters. The molecule has 0 radical (unpaired) electrons. The standard InChI is InChI=1S/C23H28N4O3/c1-3-30-20-12-8-7-11-19(20)26-15-13-25(14-16-26)17-27-21(28)23(2,24-22(27)29)18-9-5-4-6-10-18/h4-12H,3,13-17H2,1-2H3,(H,24,29)/p+1/t23-/m0/s1. The molecular formula is C23H29N4O3+. The van der Waals surface area contributed by atoms with Crippen LogP contribution in [0.4, 0.5) is 10.5 Å². The summed E-state index contributed by atoms with van der Waals surface area (Å²) in [6, 6.07) is 17.2. The van der Waals surface area contributed by atoms with Crippen molar-refractivity contribution in [3.8, 4) is 5.75 Å². The van der Waals surface area contributed by atoms with Crippen molar-refractivity contribution in [1.82, 2.24) is 10.2 Å². The van der Waals surface area contributed by atoms with Gasteiger partial charge in [0.05, 0.1) is 38.5 Å². The molecule has 3 amide bonds. The van der Waals surface area contributed by atoms with Gasteiger partial charge in [0.2, 0.25) is 0 Å². The molecule has 1 atom stereocenters. The molecule has 2 heterocycles. The van der Waals surface area contributed by atoms with Crippen LogP contribution in [0.1, 0.15) is 19.4 Å². The van der Waals surface area contributed by atoms with Gasteiger partial charge in [-0.25, -0.2) is 9.69 Å². The van der Waals surface area contributed by atoms with Gasteiger partial charge in [0, 0.05) is 0 Å². The van der Waals surface area contributed by atoms with Crippen LogP contribution in [0.2, 0.25) is 0 Å². The molecule has 2 aromatic carbocycles. The lowest BCUT2D eigenvalue weighted by Gasteiger charge is -2.35. The molecule has 4 rings (SSSR count). The van der Waals surface area contributed by atoms with Crippen molar-refractivity contribution in [2.75, 3.05) is 44.4 Å². The fourth-order valence-electron chi connectivity index (χ4n) is 4.25. The Balaban J connectivity index is 1.40. The van der Waals surface area contributed by atoms with Crippen LogP contribution in [-0.4, -0.2) is 56.3 Å². The van der Waals surface area contributed by atoms with Crippen molar-refractivity contribution in [2.45, 2.75) is 19.4 Å². The van der Waals surface area contributed by atoms with Crippen molar-refractivity contribution in [1.29, 1.82) is 0 Å². The van der Waals surface area contributed by atoms with Crippen molar-refractivity contribution in [3.63, 3.8) is 0 Å². The number of urea groups is 1. The molecule has 158 valence electrons. The second-order valence-corrected chi connectivity index (χ2v) is 7.95. The Morgan fingerprint density at radius 2 is 1.70 bits per heavy atom. The van der Waals surface area contributed by atoms with Gasteiger partial charge in [-0.05, 0) is 31.5 Å².